The molecule has 3 nitrogen and oxygen atoms in total. The Morgan fingerprint density at radius 3 is 2.85 bits per heavy atom. The highest BCUT2D eigenvalue weighted by molar-refractivity contribution is 9.10. The molecule has 0 spiro atoms. The van der Waals surface area contributed by atoms with Crippen molar-refractivity contribution in [2.24, 2.45) is 5.73 Å². The smallest absolute Gasteiger partial charge is 0.125 e. The fourth-order valence-corrected chi connectivity index (χ4v) is 4.17. The SMILES string of the molecule is COC1(C(N)Cc2cc(Br)cc3c2OCC3)CCCC1. The van der Waals surface area contributed by atoms with Gasteiger partial charge in [-0.1, -0.05) is 28.8 Å². The molecule has 2 aliphatic rings. The number of nitrogens with two attached hydrogens (primary N) is 1. The quantitative estimate of drug-likeness (QED) is 0.915. The van der Waals surface area contributed by atoms with Crippen LogP contribution in [0, 0.1) is 0 Å². The summed E-state index contributed by atoms with van der Waals surface area (Å²) in [5.41, 5.74) is 8.86. The molecule has 1 fully saturated rings. The van der Waals surface area contributed by atoms with E-state index in [9.17, 15) is 0 Å². The monoisotopic (exact) mass is 339 g/mol. The lowest BCUT2D eigenvalue weighted by molar-refractivity contribution is -0.0254. The van der Waals surface area contributed by atoms with Crippen LogP contribution in [-0.2, 0) is 17.6 Å². The molecule has 1 heterocycles. The lowest BCUT2D eigenvalue weighted by Crippen LogP contribution is -2.48. The largest absolute Gasteiger partial charge is 0.493 e. The van der Waals surface area contributed by atoms with Gasteiger partial charge in [0.15, 0.2) is 0 Å². The van der Waals surface area contributed by atoms with E-state index in [0.29, 0.717) is 0 Å². The van der Waals surface area contributed by atoms with E-state index in [-0.39, 0.29) is 11.6 Å². The normalized spacial score (nSPS) is 21.6. The second kappa shape index (κ2) is 5.66. The van der Waals surface area contributed by atoms with Crippen LogP contribution in [0.2, 0.25) is 0 Å². The maximum atomic E-state index is 6.50. The molecule has 110 valence electrons. The van der Waals surface area contributed by atoms with Gasteiger partial charge in [-0.2, -0.15) is 0 Å². The Balaban J connectivity index is 1.84. The molecule has 1 saturated carbocycles. The van der Waals surface area contributed by atoms with Gasteiger partial charge in [-0.15, -0.1) is 0 Å². The molecule has 1 aliphatic heterocycles. The van der Waals surface area contributed by atoms with Gasteiger partial charge in [-0.25, -0.2) is 0 Å². The maximum absolute atomic E-state index is 6.50. The molecule has 3 rings (SSSR count). The molecular formula is C16H22BrNO2. The summed E-state index contributed by atoms with van der Waals surface area (Å²) in [6.45, 7) is 0.781. The van der Waals surface area contributed by atoms with Gasteiger partial charge in [0, 0.05) is 24.0 Å². The molecule has 0 amide bonds. The lowest BCUT2D eigenvalue weighted by atomic mass is 9.87. The number of methoxy groups -OCH3 is 1. The first-order chi connectivity index (χ1) is 9.64. The summed E-state index contributed by atoms with van der Waals surface area (Å²) in [5.74, 6) is 1.05. The standard InChI is InChI=1S/C16H22BrNO2/c1-19-16(5-2-3-6-16)14(18)10-12-9-13(17)8-11-4-7-20-15(11)12/h8-9,14H,2-7,10,18H2,1H3. The zero-order valence-corrected chi connectivity index (χ0v) is 13.5. The molecule has 2 N–H and O–H groups in total. The van der Waals surface area contributed by atoms with E-state index in [2.05, 4.69) is 28.1 Å². The first kappa shape index (κ1) is 14.4. The van der Waals surface area contributed by atoms with Crippen molar-refractivity contribution in [1.82, 2.24) is 0 Å². The summed E-state index contributed by atoms with van der Waals surface area (Å²) in [5, 5.41) is 0. The highest BCUT2D eigenvalue weighted by atomic mass is 79.9. The Morgan fingerprint density at radius 1 is 1.40 bits per heavy atom. The van der Waals surface area contributed by atoms with Gasteiger partial charge in [0.2, 0.25) is 0 Å². The van der Waals surface area contributed by atoms with Gasteiger partial charge < -0.3 is 15.2 Å². The van der Waals surface area contributed by atoms with E-state index in [1.807, 2.05) is 0 Å². The van der Waals surface area contributed by atoms with Crippen molar-refractivity contribution in [3.05, 3.63) is 27.7 Å². The highest BCUT2D eigenvalue weighted by Crippen LogP contribution is 2.39. The summed E-state index contributed by atoms with van der Waals surface area (Å²) in [7, 11) is 1.80. The molecule has 1 unspecified atom stereocenters. The number of hydrogen-bond donors (Lipinski definition) is 1. The number of benzene rings is 1. The number of ether oxygens (including phenoxy) is 2. The summed E-state index contributed by atoms with van der Waals surface area (Å²) in [6.07, 6.45) is 6.38. The Hall–Kier alpha value is -0.580. The molecule has 0 saturated heterocycles. The molecule has 4 heteroatoms. The van der Waals surface area contributed by atoms with E-state index in [1.165, 1.54) is 24.0 Å². The minimum Gasteiger partial charge on any atom is -0.493 e. The van der Waals surface area contributed by atoms with Crippen molar-refractivity contribution in [1.29, 1.82) is 0 Å². The summed E-state index contributed by atoms with van der Waals surface area (Å²) >= 11 is 3.59. The van der Waals surface area contributed by atoms with E-state index in [4.69, 9.17) is 15.2 Å². The Kier molecular flexibility index (Phi) is 4.07. The summed E-state index contributed by atoms with van der Waals surface area (Å²) in [4.78, 5) is 0. The van der Waals surface area contributed by atoms with Crippen molar-refractivity contribution < 1.29 is 9.47 Å². The Labute approximate surface area is 129 Å². The number of halogens is 1. The maximum Gasteiger partial charge on any atom is 0.125 e. The molecule has 0 radical (unpaired) electrons. The van der Waals surface area contributed by atoms with Crippen LogP contribution in [-0.4, -0.2) is 25.4 Å². The third-order valence-corrected chi connectivity index (χ3v) is 5.26. The van der Waals surface area contributed by atoms with Gasteiger partial charge >= 0.3 is 0 Å². The van der Waals surface area contributed by atoms with E-state index >= 15 is 0 Å². The van der Waals surface area contributed by atoms with Crippen molar-refractivity contribution in [3.8, 4) is 5.75 Å². The lowest BCUT2D eigenvalue weighted by Gasteiger charge is -2.34. The fourth-order valence-electron chi connectivity index (χ4n) is 3.62. The Morgan fingerprint density at radius 2 is 2.15 bits per heavy atom. The van der Waals surface area contributed by atoms with Crippen molar-refractivity contribution in [3.63, 3.8) is 0 Å². The molecule has 1 aromatic carbocycles. The molecular weight excluding hydrogens is 318 g/mol. The summed E-state index contributed by atoms with van der Waals surface area (Å²) in [6, 6.07) is 4.32. The van der Waals surface area contributed by atoms with Gasteiger partial charge in [-0.3, -0.25) is 0 Å². The van der Waals surface area contributed by atoms with Crippen molar-refractivity contribution in [2.75, 3.05) is 13.7 Å². The zero-order chi connectivity index (χ0) is 14.2. The average molecular weight is 340 g/mol. The number of fused-ring (bicyclic) bond motifs is 1. The van der Waals surface area contributed by atoms with Crippen LogP contribution in [0.3, 0.4) is 0 Å². The first-order valence-electron chi connectivity index (χ1n) is 7.39. The van der Waals surface area contributed by atoms with Gasteiger partial charge in [0.25, 0.3) is 0 Å². The van der Waals surface area contributed by atoms with E-state index in [0.717, 1.165) is 42.5 Å². The van der Waals surface area contributed by atoms with Gasteiger partial charge in [0.05, 0.1) is 12.2 Å². The second-order valence-corrected chi connectivity index (χ2v) is 6.85. The highest BCUT2D eigenvalue weighted by Gasteiger charge is 2.40. The average Bonchev–Trinajstić information content (AvgIpc) is 3.07. The first-order valence-corrected chi connectivity index (χ1v) is 8.19. The molecule has 1 atom stereocenters. The van der Waals surface area contributed by atoms with Crippen LogP contribution in [0.25, 0.3) is 0 Å². The van der Waals surface area contributed by atoms with E-state index in [1.54, 1.807) is 7.11 Å². The van der Waals surface area contributed by atoms with Crippen LogP contribution >= 0.6 is 15.9 Å². The predicted octanol–water partition coefficient (Wildman–Crippen LogP) is 3.21. The van der Waals surface area contributed by atoms with Crippen LogP contribution in [0.15, 0.2) is 16.6 Å². The van der Waals surface area contributed by atoms with Gasteiger partial charge in [0.1, 0.15) is 5.75 Å². The fraction of sp³-hybridized carbons (Fsp3) is 0.625. The summed E-state index contributed by atoms with van der Waals surface area (Å²) < 4.78 is 12.7. The molecule has 0 aromatic heterocycles. The topological polar surface area (TPSA) is 44.5 Å². The molecule has 1 aliphatic carbocycles. The minimum atomic E-state index is -0.145. The van der Waals surface area contributed by atoms with E-state index < -0.39 is 0 Å². The zero-order valence-electron chi connectivity index (χ0n) is 12.0. The second-order valence-electron chi connectivity index (χ2n) is 5.94. The molecule has 1 aromatic rings. The van der Waals surface area contributed by atoms with Crippen molar-refractivity contribution >= 4 is 15.9 Å². The van der Waals surface area contributed by atoms with Gasteiger partial charge in [-0.05, 0) is 42.5 Å². The predicted molar refractivity (Wildman–Crippen MR) is 83.2 cm³/mol. The van der Waals surface area contributed by atoms with Crippen LogP contribution < -0.4 is 10.5 Å². The molecule has 0 bridgehead atoms. The number of rotatable bonds is 4. The number of hydrogen-bond acceptors (Lipinski definition) is 3. The van der Waals surface area contributed by atoms with Crippen LogP contribution in [0.5, 0.6) is 5.75 Å². The Bertz CT molecular complexity index is 497. The van der Waals surface area contributed by atoms with Crippen LogP contribution in [0.4, 0.5) is 0 Å². The third-order valence-electron chi connectivity index (χ3n) is 4.80. The van der Waals surface area contributed by atoms with Crippen LogP contribution in [0.1, 0.15) is 36.8 Å². The minimum absolute atomic E-state index is 0.0256. The third kappa shape index (κ3) is 2.49. The van der Waals surface area contributed by atoms with Crippen molar-refractivity contribution in [2.45, 2.75) is 50.2 Å². The molecule has 20 heavy (non-hydrogen) atoms.